The molecule has 3 N–H and O–H groups in total. The zero-order chi connectivity index (χ0) is 21.2. The second-order valence-corrected chi connectivity index (χ2v) is 7.83. The average molecular weight is 454 g/mol. The maximum absolute atomic E-state index is 6.09. The van der Waals surface area contributed by atoms with E-state index >= 15 is 0 Å². The number of nitrogens with two attached hydrogens (primary N) is 1. The van der Waals surface area contributed by atoms with Gasteiger partial charge in [-0.05, 0) is 37.5 Å². The van der Waals surface area contributed by atoms with Gasteiger partial charge < -0.3 is 20.5 Å². The van der Waals surface area contributed by atoms with E-state index in [9.17, 15) is 0 Å². The first-order valence-electron chi connectivity index (χ1n) is 10.8. The second-order valence-electron chi connectivity index (χ2n) is 7.83. The minimum atomic E-state index is 0. The van der Waals surface area contributed by atoms with Crippen molar-refractivity contribution in [2.24, 2.45) is 5.73 Å². The van der Waals surface area contributed by atoms with Gasteiger partial charge in [0.2, 0.25) is 5.95 Å². The molecule has 168 valence electrons. The van der Waals surface area contributed by atoms with Crippen LogP contribution in [0.25, 0.3) is 16.9 Å². The Morgan fingerprint density at radius 2 is 1.94 bits per heavy atom. The third-order valence-corrected chi connectivity index (χ3v) is 5.80. The number of nitrogens with one attached hydrogen (secondary N) is 1. The second kappa shape index (κ2) is 9.54. The number of anilines is 2. The Balaban J connectivity index is 0.00000245. The van der Waals surface area contributed by atoms with Crippen LogP contribution < -0.4 is 16.0 Å². The monoisotopic (exact) mass is 453 g/mol. The van der Waals surface area contributed by atoms with E-state index in [-0.39, 0.29) is 18.4 Å². The number of aryl methyl sites for hydroxylation is 1. The predicted octanol–water partition coefficient (Wildman–Crippen LogP) is 2.99. The summed E-state index contributed by atoms with van der Waals surface area (Å²) in [5.74, 6) is 1.48. The van der Waals surface area contributed by atoms with E-state index in [1.165, 1.54) is 0 Å². The summed E-state index contributed by atoms with van der Waals surface area (Å²) < 4.78 is 3.93. The fraction of sp³-hybridized carbons (Fsp3) is 0.364. The lowest BCUT2D eigenvalue weighted by Crippen LogP contribution is -2.40. The van der Waals surface area contributed by atoms with Crippen molar-refractivity contribution in [2.75, 3.05) is 23.3 Å². The van der Waals surface area contributed by atoms with Gasteiger partial charge in [0.15, 0.2) is 17.0 Å². The van der Waals surface area contributed by atoms with E-state index < -0.39 is 0 Å². The summed E-state index contributed by atoms with van der Waals surface area (Å²) in [4.78, 5) is 16.5. The predicted molar refractivity (Wildman–Crippen MR) is 129 cm³/mol. The van der Waals surface area contributed by atoms with Crippen molar-refractivity contribution in [1.82, 2.24) is 29.3 Å². The highest BCUT2D eigenvalue weighted by Gasteiger charge is 2.21. The van der Waals surface area contributed by atoms with Crippen molar-refractivity contribution in [3.8, 4) is 5.69 Å². The third kappa shape index (κ3) is 4.26. The molecule has 0 aliphatic carbocycles. The molecule has 5 rings (SSSR count). The molecule has 4 heterocycles. The molecule has 1 fully saturated rings. The molecule has 0 atom stereocenters. The average Bonchev–Trinajstić information content (AvgIpc) is 3.48. The number of aromatic nitrogens is 6. The smallest absolute Gasteiger partial charge is 0.229 e. The summed E-state index contributed by atoms with van der Waals surface area (Å²) in [5, 5.41) is 7.89. The Labute approximate surface area is 193 Å². The molecule has 1 aliphatic rings. The van der Waals surface area contributed by atoms with Crippen molar-refractivity contribution in [1.29, 1.82) is 0 Å². The number of piperidine rings is 1. The maximum Gasteiger partial charge on any atom is 0.229 e. The van der Waals surface area contributed by atoms with Gasteiger partial charge in [0.25, 0.3) is 0 Å². The largest absolute Gasteiger partial charge is 0.364 e. The van der Waals surface area contributed by atoms with Crippen LogP contribution in [0, 0.1) is 0 Å². The van der Waals surface area contributed by atoms with Gasteiger partial charge in [-0.15, -0.1) is 12.4 Å². The highest BCUT2D eigenvalue weighted by Crippen LogP contribution is 2.25. The molecule has 1 aromatic carbocycles. The lowest BCUT2D eigenvalue weighted by molar-refractivity contribution is 0.496. The highest BCUT2D eigenvalue weighted by atomic mass is 35.5. The number of halogens is 1. The van der Waals surface area contributed by atoms with Gasteiger partial charge in [0.05, 0.1) is 12.0 Å². The van der Waals surface area contributed by atoms with Crippen LogP contribution in [0.2, 0.25) is 0 Å². The SMILES string of the molecule is CCn1cnc2c(NCc3ccccc3-n3cccn3)nc(N3CCC(N)CC3)nc21.Cl. The van der Waals surface area contributed by atoms with Crippen molar-refractivity contribution in [3.05, 3.63) is 54.6 Å². The zero-order valence-corrected chi connectivity index (χ0v) is 18.9. The van der Waals surface area contributed by atoms with Gasteiger partial charge >= 0.3 is 0 Å². The number of rotatable bonds is 6. The number of hydrogen-bond donors (Lipinski definition) is 2. The zero-order valence-electron chi connectivity index (χ0n) is 18.1. The fourth-order valence-electron chi connectivity index (χ4n) is 4.00. The van der Waals surface area contributed by atoms with Crippen molar-refractivity contribution < 1.29 is 0 Å². The Kier molecular flexibility index (Phi) is 6.57. The van der Waals surface area contributed by atoms with Crippen LogP contribution in [0.1, 0.15) is 25.3 Å². The lowest BCUT2D eigenvalue weighted by Gasteiger charge is -2.30. The first-order valence-corrected chi connectivity index (χ1v) is 10.8. The molecule has 0 bridgehead atoms. The number of fused-ring (bicyclic) bond motifs is 1. The summed E-state index contributed by atoms with van der Waals surface area (Å²) in [6, 6.07) is 10.4. The molecule has 1 aliphatic heterocycles. The van der Waals surface area contributed by atoms with Crippen LogP contribution in [-0.4, -0.2) is 48.4 Å². The Hall–Kier alpha value is -3.17. The Morgan fingerprint density at radius 1 is 1.12 bits per heavy atom. The van der Waals surface area contributed by atoms with Crippen LogP contribution in [0.4, 0.5) is 11.8 Å². The molecular formula is C22H28ClN9. The maximum atomic E-state index is 6.09. The molecular weight excluding hydrogens is 426 g/mol. The van der Waals surface area contributed by atoms with Crippen molar-refractivity contribution >= 4 is 35.3 Å². The van der Waals surface area contributed by atoms with E-state index in [2.05, 4.69) is 43.9 Å². The van der Waals surface area contributed by atoms with Crippen molar-refractivity contribution in [3.63, 3.8) is 0 Å². The molecule has 3 aromatic heterocycles. The topological polar surface area (TPSA) is 103 Å². The number of para-hydroxylation sites is 1. The minimum Gasteiger partial charge on any atom is -0.364 e. The summed E-state index contributed by atoms with van der Waals surface area (Å²) >= 11 is 0. The summed E-state index contributed by atoms with van der Waals surface area (Å²) in [6.45, 7) is 5.24. The van der Waals surface area contributed by atoms with Gasteiger partial charge in [0, 0.05) is 44.6 Å². The molecule has 0 spiro atoms. The Morgan fingerprint density at radius 3 is 2.69 bits per heavy atom. The Bertz CT molecular complexity index is 1160. The van der Waals surface area contributed by atoms with Crippen LogP contribution in [0.3, 0.4) is 0 Å². The van der Waals surface area contributed by atoms with Gasteiger partial charge in [0.1, 0.15) is 0 Å². The molecule has 9 nitrogen and oxygen atoms in total. The van der Waals surface area contributed by atoms with Crippen molar-refractivity contribution in [2.45, 2.75) is 38.9 Å². The minimum absolute atomic E-state index is 0. The molecule has 0 radical (unpaired) electrons. The summed E-state index contributed by atoms with van der Waals surface area (Å²) in [6.07, 6.45) is 7.47. The van der Waals surface area contributed by atoms with E-state index in [0.717, 1.165) is 66.7 Å². The number of imidazole rings is 1. The third-order valence-electron chi connectivity index (χ3n) is 5.80. The van der Waals surface area contributed by atoms with E-state index in [1.54, 1.807) is 6.20 Å². The number of benzene rings is 1. The fourth-order valence-corrected chi connectivity index (χ4v) is 4.00. The van der Waals surface area contributed by atoms with Crippen LogP contribution >= 0.6 is 12.4 Å². The molecule has 10 heteroatoms. The van der Waals surface area contributed by atoms with E-state index in [1.807, 2.05) is 35.4 Å². The molecule has 0 amide bonds. The van der Waals surface area contributed by atoms with Gasteiger partial charge in [-0.3, -0.25) is 0 Å². The molecule has 0 saturated carbocycles. The quantitative estimate of drug-likeness (QED) is 0.462. The summed E-state index contributed by atoms with van der Waals surface area (Å²) in [5.41, 5.74) is 9.89. The lowest BCUT2D eigenvalue weighted by atomic mass is 10.1. The van der Waals surface area contributed by atoms with Gasteiger partial charge in [-0.2, -0.15) is 15.1 Å². The number of nitrogens with zero attached hydrogens (tertiary/aromatic N) is 7. The molecule has 0 unspecified atom stereocenters. The molecule has 4 aromatic rings. The highest BCUT2D eigenvalue weighted by molar-refractivity contribution is 5.85. The number of hydrogen-bond acceptors (Lipinski definition) is 7. The summed E-state index contributed by atoms with van der Waals surface area (Å²) in [7, 11) is 0. The van der Waals surface area contributed by atoms with Crippen LogP contribution in [0.5, 0.6) is 0 Å². The van der Waals surface area contributed by atoms with Crippen LogP contribution in [-0.2, 0) is 13.1 Å². The van der Waals surface area contributed by atoms with Gasteiger partial charge in [-0.1, -0.05) is 18.2 Å². The standard InChI is InChI=1S/C22H27N9.ClH/c1-2-29-15-25-19-20(27-22(28-21(19)29)30-12-8-17(23)9-13-30)24-14-16-6-3-4-7-18(16)31-11-5-10-26-31;/h3-7,10-11,15,17H,2,8-9,12-14,23H2,1H3,(H,24,27,28);1H. The van der Waals surface area contributed by atoms with E-state index in [4.69, 9.17) is 15.7 Å². The molecule has 32 heavy (non-hydrogen) atoms. The van der Waals surface area contributed by atoms with E-state index in [0.29, 0.717) is 6.54 Å². The van der Waals surface area contributed by atoms with Gasteiger partial charge in [-0.25, -0.2) is 9.67 Å². The van der Waals surface area contributed by atoms with Crippen LogP contribution in [0.15, 0.2) is 49.1 Å². The molecule has 1 saturated heterocycles. The first kappa shape index (κ1) is 22.0. The normalized spacial score (nSPS) is 14.5. The first-order chi connectivity index (χ1) is 15.2.